The maximum Gasteiger partial charge on any atom is 0.155 e. The molecule has 0 aromatic heterocycles. The van der Waals surface area contributed by atoms with Crippen LogP contribution in [0.25, 0.3) is 0 Å². The lowest BCUT2D eigenvalue weighted by atomic mass is 10.0. The Hall–Kier alpha value is -0.710. The molecule has 1 atom stereocenters. The second-order valence-corrected chi connectivity index (χ2v) is 6.85. The lowest BCUT2D eigenvalue weighted by Gasteiger charge is -2.06. The third-order valence-corrected chi connectivity index (χ3v) is 4.26. The van der Waals surface area contributed by atoms with Crippen molar-refractivity contribution in [1.82, 2.24) is 0 Å². The zero-order valence-electron chi connectivity index (χ0n) is 16.3. The molecular weight excluding hydrogens is 316 g/mol. The summed E-state index contributed by atoms with van der Waals surface area (Å²) in [6, 6.07) is 0. The van der Waals surface area contributed by atoms with Crippen molar-refractivity contribution >= 4 is 5.78 Å². The molecule has 0 bridgehead atoms. The first kappa shape index (κ1) is 24.3. The van der Waals surface area contributed by atoms with Crippen LogP contribution in [0.4, 0.5) is 0 Å². The lowest BCUT2D eigenvalue weighted by Crippen LogP contribution is -2.19. The van der Waals surface area contributed by atoms with Crippen LogP contribution >= 0.6 is 0 Å². The van der Waals surface area contributed by atoms with E-state index in [2.05, 4.69) is 6.92 Å². The number of carbonyl (C=O) groups excluding carboxylic acids is 1. The molecule has 0 radical (unpaired) electrons. The molecule has 0 aliphatic heterocycles. The van der Waals surface area contributed by atoms with Crippen LogP contribution in [-0.2, 0) is 9.53 Å². The maximum absolute atomic E-state index is 11.7. The number of carbonyl (C=O) groups is 1. The number of hydrogen-bond acceptors (Lipinski definition) is 4. The van der Waals surface area contributed by atoms with E-state index < -0.39 is 6.10 Å². The first-order valence-corrected chi connectivity index (χ1v) is 10.3. The molecule has 4 heteroatoms. The van der Waals surface area contributed by atoms with Gasteiger partial charge in [0.2, 0.25) is 0 Å². The van der Waals surface area contributed by atoms with Crippen molar-refractivity contribution in [1.29, 1.82) is 0 Å². The first-order valence-electron chi connectivity index (χ1n) is 10.3. The van der Waals surface area contributed by atoms with Gasteiger partial charge in [-0.05, 0) is 25.3 Å². The predicted octanol–water partition coefficient (Wildman–Crippen LogP) is 4.57. The predicted molar refractivity (Wildman–Crippen MR) is 104 cm³/mol. The van der Waals surface area contributed by atoms with Gasteiger partial charge in [-0.1, -0.05) is 70.8 Å². The Morgan fingerprint density at radius 1 is 0.960 bits per heavy atom. The summed E-state index contributed by atoms with van der Waals surface area (Å²) in [5.74, 6) is 0.219. The van der Waals surface area contributed by atoms with Gasteiger partial charge in [-0.15, -0.1) is 0 Å². The number of ether oxygens (including phenoxy) is 1. The van der Waals surface area contributed by atoms with E-state index in [-0.39, 0.29) is 19.0 Å². The van der Waals surface area contributed by atoms with Crippen LogP contribution < -0.4 is 0 Å². The van der Waals surface area contributed by atoms with Crippen LogP contribution in [-0.4, -0.2) is 41.9 Å². The lowest BCUT2D eigenvalue weighted by molar-refractivity contribution is -0.114. The van der Waals surface area contributed by atoms with Crippen LogP contribution in [0.15, 0.2) is 12.2 Å². The quantitative estimate of drug-likeness (QED) is 0.263. The Bertz CT molecular complexity index is 315. The van der Waals surface area contributed by atoms with Crippen LogP contribution in [0.2, 0.25) is 0 Å². The summed E-state index contributed by atoms with van der Waals surface area (Å²) in [4.78, 5) is 11.7. The highest BCUT2D eigenvalue weighted by Crippen LogP contribution is 2.11. The minimum atomic E-state index is -0.793. The number of hydrogen-bond donors (Lipinski definition) is 2. The average molecular weight is 357 g/mol. The molecule has 0 saturated carbocycles. The van der Waals surface area contributed by atoms with Crippen LogP contribution in [0.3, 0.4) is 0 Å². The van der Waals surface area contributed by atoms with E-state index in [1.807, 2.05) is 6.08 Å². The van der Waals surface area contributed by atoms with Crippen molar-refractivity contribution in [3.8, 4) is 0 Å². The Morgan fingerprint density at radius 3 is 2.16 bits per heavy atom. The zero-order valence-corrected chi connectivity index (χ0v) is 16.3. The van der Waals surface area contributed by atoms with Crippen molar-refractivity contribution in [3.63, 3.8) is 0 Å². The van der Waals surface area contributed by atoms with E-state index in [1.165, 1.54) is 51.4 Å². The minimum Gasteiger partial charge on any atom is -0.394 e. The fourth-order valence-corrected chi connectivity index (χ4v) is 2.66. The largest absolute Gasteiger partial charge is 0.394 e. The second kappa shape index (κ2) is 19.6. The zero-order chi connectivity index (χ0) is 18.6. The number of ketones is 1. The van der Waals surface area contributed by atoms with Crippen LogP contribution in [0.5, 0.6) is 0 Å². The normalized spacial score (nSPS) is 12.8. The van der Waals surface area contributed by atoms with Gasteiger partial charge < -0.3 is 14.9 Å². The molecule has 0 amide bonds. The minimum absolute atomic E-state index is 0.165. The van der Waals surface area contributed by atoms with Crippen molar-refractivity contribution in [2.24, 2.45) is 0 Å². The van der Waals surface area contributed by atoms with Gasteiger partial charge >= 0.3 is 0 Å². The fraction of sp³-hybridized carbons (Fsp3) is 0.857. The van der Waals surface area contributed by atoms with Crippen molar-refractivity contribution in [2.45, 2.75) is 96.5 Å². The highest BCUT2D eigenvalue weighted by Gasteiger charge is 2.00. The molecule has 0 unspecified atom stereocenters. The Labute approximate surface area is 154 Å². The Balaban J connectivity index is 3.29. The van der Waals surface area contributed by atoms with Crippen molar-refractivity contribution < 1.29 is 19.7 Å². The molecule has 4 nitrogen and oxygen atoms in total. The summed E-state index contributed by atoms with van der Waals surface area (Å²) < 4.78 is 5.20. The summed E-state index contributed by atoms with van der Waals surface area (Å²) in [5.41, 5.74) is 0. The fourth-order valence-electron chi connectivity index (χ4n) is 2.66. The van der Waals surface area contributed by atoms with Gasteiger partial charge in [0.15, 0.2) is 5.78 Å². The number of aliphatic hydroxyl groups is 2. The molecule has 25 heavy (non-hydrogen) atoms. The molecule has 0 saturated heterocycles. The standard InChI is InChI=1S/C21H40O4/c1-2-3-4-5-6-7-8-9-10-12-15-20(23)16-13-11-14-17-25-19-21(24)18-22/h13,16,21-22,24H,2-12,14-15,17-19H2,1H3/b16-13+/t21-/m1/s1. The summed E-state index contributed by atoms with van der Waals surface area (Å²) in [6.07, 6.45) is 18.0. The van der Waals surface area contributed by atoms with Crippen molar-refractivity contribution in [3.05, 3.63) is 12.2 Å². The molecule has 0 aromatic carbocycles. The number of aliphatic hydroxyl groups excluding tert-OH is 2. The summed E-state index contributed by atoms with van der Waals surface area (Å²) in [6.45, 7) is 2.68. The van der Waals surface area contributed by atoms with Gasteiger partial charge in [0.25, 0.3) is 0 Å². The molecule has 0 heterocycles. The third-order valence-electron chi connectivity index (χ3n) is 4.26. The molecule has 2 N–H and O–H groups in total. The Kier molecular flexibility index (Phi) is 19.1. The highest BCUT2D eigenvalue weighted by atomic mass is 16.5. The molecule has 0 spiro atoms. The summed E-state index contributed by atoms with van der Waals surface area (Å²) in [7, 11) is 0. The smallest absolute Gasteiger partial charge is 0.155 e. The maximum atomic E-state index is 11.7. The van der Waals surface area contributed by atoms with E-state index >= 15 is 0 Å². The average Bonchev–Trinajstić information content (AvgIpc) is 2.62. The SMILES string of the molecule is CCCCCCCCCCCCC(=O)/C=C/CCCOC[C@H](O)CO. The van der Waals surface area contributed by atoms with Crippen molar-refractivity contribution in [2.75, 3.05) is 19.8 Å². The molecule has 0 aliphatic rings. The van der Waals surface area contributed by atoms with Gasteiger partial charge in [0, 0.05) is 13.0 Å². The molecule has 148 valence electrons. The van der Waals surface area contributed by atoms with Crippen LogP contribution in [0, 0.1) is 0 Å². The van der Waals surface area contributed by atoms with Gasteiger partial charge in [0.1, 0.15) is 6.10 Å². The molecule has 0 rings (SSSR count). The molecular formula is C21H40O4. The van der Waals surface area contributed by atoms with E-state index in [4.69, 9.17) is 14.9 Å². The summed E-state index contributed by atoms with van der Waals surface area (Å²) in [5, 5.41) is 17.7. The Morgan fingerprint density at radius 2 is 1.56 bits per heavy atom. The number of unbranched alkanes of at least 4 members (excludes halogenated alkanes) is 10. The molecule has 0 aromatic rings. The number of rotatable bonds is 19. The topological polar surface area (TPSA) is 66.8 Å². The summed E-state index contributed by atoms with van der Waals surface area (Å²) >= 11 is 0. The van der Waals surface area contributed by atoms with Gasteiger partial charge in [0.05, 0.1) is 13.2 Å². The first-order chi connectivity index (χ1) is 12.2. The van der Waals surface area contributed by atoms with Crippen LogP contribution in [0.1, 0.15) is 90.4 Å². The monoisotopic (exact) mass is 356 g/mol. The van der Waals surface area contributed by atoms with Gasteiger partial charge in [-0.2, -0.15) is 0 Å². The second-order valence-electron chi connectivity index (χ2n) is 6.85. The van der Waals surface area contributed by atoms with E-state index in [1.54, 1.807) is 6.08 Å². The van der Waals surface area contributed by atoms with Gasteiger partial charge in [-0.3, -0.25) is 4.79 Å². The molecule has 0 aliphatic carbocycles. The number of allylic oxidation sites excluding steroid dienone is 2. The highest BCUT2D eigenvalue weighted by molar-refractivity contribution is 5.89. The van der Waals surface area contributed by atoms with E-state index in [9.17, 15) is 4.79 Å². The van der Waals surface area contributed by atoms with Gasteiger partial charge in [-0.25, -0.2) is 0 Å². The van der Waals surface area contributed by atoms with E-state index in [0.717, 1.165) is 25.7 Å². The molecule has 0 fully saturated rings. The van der Waals surface area contributed by atoms with E-state index in [0.29, 0.717) is 13.0 Å². The third kappa shape index (κ3) is 19.5.